The monoisotopic (exact) mass is 487 g/mol. The van der Waals surface area contributed by atoms with Crippen LogP contribution in [0.2, 0.25) is 0 Å². The third-order valence-electron chi connectivity index (χ3n) is 6.60. The molecule has 0 radical (unpaired) electrons. The molecule has 2 fully saturated rings. The zero-order chi connectivity index (χ0) is 25.4. The van der Waals surface area contributed by atoms with Gasteiger partial charge in [-0.05, 0) is 63.8 Å². The summed E-state index contributed by atoms with van der Waals surface area (Å²) in [7, 11) is 0. The average Bonchev–Trinajstić information content (AvgIpc) is 3.69. The Labute approximate surface area is 211 Å². The normalized spacial score (nSPS) is 16.2. The maximum atomic E-state index is 12.9. The van der Waals surface area contributed by atoms with E-state index in [9.17, 15) is 9.59 Å². The van der Waals surface area contributed by atoms with Crippen LogP contribution in [0.1, 0.15) is 55.5 Å². The first-order valence-electron chi connectivity index (χ1n) is 12.5. The Kier molecular flexibility index (Phi) is 6.20. The van der Waals surface area contributed by atoms with Crippen molar-refractivity contribution in [2.24, 2.45) is 0 Å². The molecule has 3 N–H and O–H groups in total. The highest BCUT2D eigenvalue weighted by Crippen LogP contribution is 2.47. The van der Waals surface area contributed by atoms with E-state index in [4.69, 9.17) is 15.5 Å². The second-order valence-corrected chi connectivity index (χ2v) is 10.6. The molecule has 2 aromatic carbocycles. The van der Waals surface area contributed by atoms with Crippen molar-refractivity contribution in [2.45, 2.75) is 45.1 Å². The lowest BCUT2D eigenvalue weighted by Gasteiger charge is -2.37. The number of nitrogens with zero attached hydrogens (tertiary/aromatic N) is 3. The number of piperazine rings is 1. The number of anilines is 3. The highest BCUT2D eigenvalue weighted by Gasteiger charge is 2.32. The number of nitrogen functional groups attached to an aromatic ring is 1. The predicted octanol–water partition coefficient (Wildman–Crippen LogP) is 5.00. The zero-order valence-corrected chi connectivity index (χ0v) is 21.1. The van der Waals surface area contributed by atoms with Gasteiger partial charge in [0.2, 0.25) is 0 Å². The number of nitrogens with one attached hydrogen (secondary N) is 1. The lowest BCUT2D eigenvalue weighted by atomic mass is 10.0. The molecule has 0 spiro atoms. The van der Waals surface area contributed by atoms with Crippen molar-refractivity contribution in [1.82, 2.24) is 9.88 Å². The van der Waals surface area contributed by atoms with Crippen LogP contribution >= 0.6 is 0 Å². The maximum absolute atomic E-state index is 12.9. The Balaban J connectivity index is 1.36. The van der Waals surface area contributed by atoms with Gasteiger partial charge in [-0.15, -0.1) is 0 Å². The van der Waals surface area contributed by atoms with Gasteiger partial charge in [-0.25, -0.2) is 4.79 Å². The number of ether oxygens (including phenoxy) is 1. The van der Waals surface area contributed by atoms with Crippen LogP contribution in [0.3, 0.4) is 0 Å². The molecule has 5 rings (SSSR count). The van der Waals surface area contributed by atoms with Crippen LogP contribution in [0.25, 0.3) is 10.9 Å². The molecule has 0 atom stereocenters. The number of aromatic nitrogens is 1. The molecule has 0 unspecified atom stereocenters. The van der Waals surface area contributed by atoms with Crippen molar-refractivity contribution < 1.29 is 14.3 Å². The van der Waals surface area contributed by atoms with Crippen LogP contribution in [0.4, 0.5) is 21.9 Å². The van der Waals surface area contributed by atoms with Gasteiger partial charge in [0.05, 0.1) is 22.5 Å². The summed E-state index contributed by atoms with van der Waals surface area (Å²) in [4.78, 5) is 34.2. The minimum Gasteiger partial charge on any atom is -0.444 e. The quantitative estimate of drug-likeness (QED) is 0.502. The van der Waals surface area contributed by atoms with Crippen molar-refractivity contribution in [1.29, 1.82) is 0 Å². The van der Waals surface area contributed by atoms with Crippen LogP contribution in [-0.2, 0) is 4.74 Å². The molecular weight excluding hydrogens is 454 g/mol. The van der Waals surface area contributed by atoms with Gasteiger partial charge in [0, 0.05) is 49.0 Å². The number of carbonyl (C=O) groups is 2. The number of amides is 2. The summed E-state index contributed by atoms with van der Waals surface area (Å²) >= 11 is 0. The molecule has 1 aromatic heterocycles. The van der Waals surface area contributed by atoms with Gasteiger partial charge in [-0.2, -0.15) is 0 Å². The van der Waals surface area contributed by atoms with E-state index in [-0.39, 0.29) is 12.0 Å². The Morgan fingerprint density at radius 1 is 1.06 bits per heavy atom. The Bertz CT molecular complexity index is 1300. The van der Waals surface area contributed by atoms with Crippen molar-refractivity contribution >= 4 is 40.0 Å². The highest BCUT2D eigenvalue weighted by molar-refractivity contribution is 6.07. The molecule has 2 heterocycles. The van der Waals surface area contributed by atoms with Gasteiger partial charge in [0.25, 0.3) is 5.91 Å². The van der Waals surface area contributed by atoms with E-state index in [0.29, 0.717) is 35.9 Å². The highest BCUT2D eigenvalue weighted by atomic mass is 16.6. The van der Waals surface area contributed by atoms with Crippen LogP contribution in [0.15, 0.2) is 48.7 Å². The number of nitrogens with two attached hydrogens (primary N) is 1. The van der Waals surface area contributed by atoms with E-state index in [1.165, 1.54) is 11.3 Å². The van der Waals surface area contributed by atoms with E-state index < -0.39 is 5.60 Å². The number of carbonyl (C=O) groups excluding carboxylic acids is 2. The van der Waals surface area contributed by atoms with Crippen molar-refractivity contribution in [3.63, 3.8) is 0 Å². The smallest absolute Gasteiger partial charge is 0.410 e. The Hall–Kier alpha value is -3.81. The van der Waals surface area contributed by atoms with Crippen LogP contribution < -0.4 is 16.0 Å². The Morgan fingerprint density at radius 3 is 2.44 bits per heavy atom. The standard InChI is InChI=1S/C28H33N5O3/c1-28(2,3)36-27(35)33-14-12-32(13-15-33)23-11-10-19-16-20(17-30-25(19)24(23)18-8-9-18)26(34)31-22-7-5-4-6-21(22)29/h4-7,10-11,16-18H,8-9,12-15,29H2,1-3H3,(H,31,34). The lowest BCUT2D eigenvalue weighted by Crippen LogP contribution is -2.50. The first-order chi connectivity index (χ1) is 17.2. The first-order valence-corrected chi connectivity index (χ1v) is 12.5. The molecule has 1 saturated heterocycles. The summed E-state index contributed by atoms with van der Waals surface area (Å²) in [6.45, 7) is 8.37. The van der Waals surface area contributed by atoms with E-state index in [2.05, 4.69) is 16.3 Å². The SMILES string of the molecule is CC(C)(C)OC(=O)N1CCN(c2ccc3cc(C(=O)Nc4ccccc4N)cnc3c2C2CC2)CC1. The summed E-state index contributed by atoms with van der Waals surface area (Å²) in [5.74, 6) is 0.237. The van der Waals surface area contributed by atoms with Crippen LogP contribution in [0.5, 0.6) is 0 Å². The summed E-state index contributed by atoms with van der Waals surface area (Å²) in [6.07, 6.45) is 3.67. The van der Waals surface area contributed by atoms with Gasteiger partial charge in [-0.1, -0.05) is 18.2 Å². The second kappa shape index (κ2) is 9.33. The molecule has 2 aliphatic rings. The molecule has 8 nitrogen and oxygen atoms in total. The van der Waals surface area contributed by atoms with Crippen molar-refractivity contribution in [3.8, 4) is 0 Å². The molecule has 1 aliphatic carbocycles. The molecule has 8 heteroatoms. The molecule has 2 amide bonds. The van der Waals surface area contributed by atoms with Crippen molar-refractivity contribution in [2.75, 3.05) is 42.1 Å². The number of rotatable bonds is 4. The van der Waals surface area contributed by atoms with Gasteiger partial charge in [0.1, 0.15) is 5.60 Å². The number of benzene rings is 2. The van der Waals surface area contributed by atoms with Crippen LogP contribution in [-0.4, -0.2) is 53.7 Å². The fourth-order valence-corrected chi connectivity index (χ4v) is 4.65. The summed E-state index contributed by atoms with van der Waals surface area (Å²) in [5, 5.41) is 3.82. The van der Waals surface area contributed by atoms with E-state index >= 15 is 0 Å². The molecular formula is C28H33N5O3. The van der Waals surface area contributed by atoms with Crippen LogP contribution in [0, 0.1) is 0 Å². The Morgan fingerprint density at radius 2 is 1.78 bits per heavy atom. The minimum atomic E-state index is -0.499. The number of hydrogen-bond donors (Lipinski definition) is 2. The average molecular weight is 488 g/mol. The van der Waals surface area contributed by atoms with Gasteiger partial charge < -0.3 is 25.6 Å². The number of fused-ring (bicyclic) bond motifs is 1. The molecule has 0 bridgehead atoms. The zero-order valence-electron chi connectivity index (χ0n) is 21.1. The topological polar surface area (TPSA) is 101 Å². The fourth-order valence-electron chi connectivity index (χ4n) is 4.65. The van der Waals surface area contributed by atoms with E-state index in [1.54, 1.807) is 23.2 Å². The summed E-state index contributed by atoms with van der Waals surface area (Å²) in [5.41, 5.74) is 10.4. The lowest BCUT2D eigenvalue weighted by molar-refractivity contribution is 0.0240. The largest absolute Gasteiger partial charge is 0.444 e. The third-order valence-corrected chi connectivity index (χ3v) is 6.60. The second-order valence-electron chi connectivity index (χ2n) is 10.6. The maximum Gasteiger partial charge on any atom is 0.410 e. The summed E-state index contributed by atoms with van der Waals surface area (Å²) < 4.78 is 5.54. The first kappa shape index (κ1) is 23.9. The van der Waals surface area contributed by atoms with Crippen molar-refractivity contribution in [3.05, 3.63) is 59.8 Å². The number of hydrogen-bond acceptors (Lipinski definition) is 6. The van der Waals surface area contributed by atoms with E-state index in [1.807, 2.05) is 45.0 Å². The molecule has 1 aliphatic heterocycles. The van der Waals surface area contributed by atoms with Gasteiger partial charge >= 0.3 is 6.09 Å². The molecule has 188 valence electrons. The van der Waals surface area contributed by atoms with E-state index in [0.717, 1.165) is 36.8 Å². The number of pyridine rings is 1. The molecule has 36 heavy (non-hydrogen) atoms. The third kappa shape index (κ3) is 5.08. The van der Waals surface area contributed by atoms with Gasteiger partial charge in [-0.3, -0.25) is 9.78 Å². The number of para-hydroxylation sites is 2. The molecule has 1 saturated carbocycles. The summed E-state index contributed by atoms with van der Waals surface area (Å²) in [6, 6.07) is 13.3. The van der Waals surface area contributed by atoms with Gasteiger partial charge in [0.15, 0.2) is 0 Å². The predicted molar refractivity (Wildman–Crippen MR) is 143 cm³/mol. The fraction of sp³-hybridized carbons (Fsp3) is 0.393. The minimum absolute atomic E-state index is 0.238. The molecule has 3 aromatic rings.